The molecule has 0 saturated heterocycles. The highest BCUT2D eigenvalue weighted by Crippen LogP contribution is 2.44. The van der Waals surface area contributed by atoms with E-state index in [1.807, 2.05) is 72.8 Å². The van der Waals surface area contributed by atoms with E-state index in [1.54, 1.807) is 0 Å². The van der Waals surface area contributed by atoms with Crippen molar-refractivity contribution in [3.63, 3.8) is 0 Å². The van der Waals surface area contributed by atoms with Crippen LogP contribution >= 0.6 is 0 Å². The summed E-state index contributed by atoms with van der Waals surface area (Å²) in [6.45, 7) is 0. The van der Waals surface area contributed by atoms with Gasteiger partial charge in [0.05, 0.1) is 16.7 Å². The molecule has 0 aliphatic carbocycles. The maximum Gasteiger partial charge on any atom is 0.166 e. The lowest BCUT2D eigenvalue weighted by Crippen LogP contribution is -2.05. The monoisotopic (exact) mass is 716 g/mol. The molecule has 0 N–H and O–H groups in total. The summed E-state index contributed by atoms with van der Waals surface area (Å²) < 4.78 is 8.85. The van der Waals surface area contributed by atoms with Gasteiger partial charge in [-0.3, -0.25) is 0 Å². The minimum atomic E-state index is 0.595. The molecule has 56 heavy (non-hydrogen) atoms. The number of aromatic nitrogens is 4. The van der Waals surface area contributed by atoms with Gasteiger partial charge in [0.25, 0.3) is 0 Å². The fraction of sp³-hybridized carbons (Fsp3) is 0. The van der Waals surface area contributed by atoms with Gasteiger partial charge in [-0.1, -0.05) is 164 Å². The molecule has 0 spiro atoms. The summed E-state index contributed by atoms with van der Waals surface area (Å²) >= 11 is 0. The topological polar surface area (TPSA) is 56.7 Å². The Bertz CT molecular complexity index is 3180. The fourth-order valence-corrected chi connectivity index (χ4v) is 8.12. The first-order valence-electron chi connectivity index (χ1n) is 18.8. The summed E-state index contributed by atoms with van der Waals surface area (Å²) in [5.74, 6) is 1.83. The zero-order chi connectivity index (χ0) is 37.0. The van der Waals surface area contributed by atoms with E-state index in [9.17, 15) is 0 Å². The number of hydrogen-bond acceptors (Lipinski definition) is 4. The van der Waals surface area contributed by atoms with E-state index in [-0.39, 0.29) is 0 Å². The Morgan fingerprint density at radius 1 is 0.339 bits per heavy atom. The van der Waals surface area contributed by atoms with Crippen molar-refractivity contribution >= 4 is 43.7 Å². The molecule has 0 amide bonds. The molecule has 0 radical (unpaired) electrons. The number of rotatable bonds is 6. The third-order valence-corrected chi connectivity index (χ3v) is 10.7. The van der Waals surface area contributed by atoms with Crippen LogP contribution in [0.3, 0.4) is 0 Å². The third-order valence-electron chi connectivity index (χ3n) is 10.7. The van der Waals surface area contributed by atoms with Crippen LogP contribution in [0.2, 0.25) is 0 Å². The number of furan rings is 1. The second kappa shape index (κ2) is 13.0. The van der Waals surface area contributed by atoms with E-state index < -0.39 is 0 Å². The molecular weight excluding hydrogens is 685 g/mol. The molecule has 3 aromatic heterocycles. The minimum absolute atomic E-state index is 0.595. The van der Waals surface area contributed by atoms with E-state index in [4.69, 9.17) is 19.4 Å². The Morgan fingerprint density at radius 3 is 1.61 bits per heavy atom. The molecule has 0 aliphatic rings. The summed E-state index contributed by atoms with van der Waals surface area (Å²) in [4.78, 5) is 15.5. The van der Waals surface area contributed by atoms with Crippen LogP contribution in [-0.2, 0) is 0 Å². The average molecular weight is 717 g/mol. The molecule has 11 aromatic rings. The van der Waals surface area contributed by atoms with Gasteiger partial charge in [-0.2, -0.15) is 0 Å². The second-order valence-electron chi connectivity index (χ2n) is 14.0. The summed E-state index contributed by atoms with van der Waals surface area (Å²) in [7, 11) is 0. The van der Waals surface area contributed by atoms with Gasteiger partial charge < -0.3 is 8.98 Å². The number of para-hydroxylation sites is 4. The van der Waals surface area contributed by atoms with Crippen LogP contribution in [0.4, 0.5) is 0 Å². The van der Waals surface area contributed by atoms with E-state index in [0.717, 1.165) is 88.4 Å². The Hall–Kier alpha value is -7.63. The van der Waals surface area contributed by atoms with Crippen LogP contribution in [0.1, 0.15) is 0 Å². The highest BCUT2D eigenvalue weighted by atomic mass is 16.3. The SMILES string of the molecule is c1ccc(-c2nc(-c3ccccc3)nc(-c3cccc(-c4ccccc4)c3-n3c4ccccc4c4cccc(-c5ccc6c(c5)oc5ccccc56)c43)n2)cc1. The largest absolute Gasteiger partial charge is 0.456 e. The van der Waals surface area contributed by atoms with Crippen LogP contribution in [0.15, 0.2) is 199 Å². The maximum absolute atomic E-state index is 6.42. The summed E-state index contributed by atoms with van der Waals surface area (Å²) in [5.41, 5.74) is 12.0. The first-order chi connectivity index (χ1) is 27.8. The molecule has 5 nitrogen and oxygen atoms in total. The standard InChI is InChI=1S/C51H32N4O/c1-4-16-33(17-5-1)37-24-15-27-43(51-53-49(34-18-6-2-7-19-34)52-50(54-51)35-20-8-3-9-21-35)48(37)55-44-28-12-10-22-39(44)42-26-14-25-38(47(42)55)36-30-31-41-40-23-11-13-29-45(40)56-46(41)32-36/h1-32H. The van der Waals surface area contributed by atoms with E-state index in [1.165, 1.54) is 0 Å². The number of hydrogen-bond donors (Lipinski definition) is 0. The zero-order valence-corrected chi connectivity index (χ0v) is 30.2. The molecule has 0 unspecified atom stereocenters. The normalized spacial score (nSPS) is 11.6. The van der Waals surface area contributed by atoms with E-state index in [0.29, 0.717) is 17.5 Å². The van der Waals surface area contributed by atoms with Gasteiger partial charge in [0.15, 0.2) is 17.5 Å². The van der Waals surface area contributed by atoms with Crippen molar-refractivity contribution in [3.8, 4) is 62.1 Å². The highest BCUT2D eigenvalue weighted by Gasteiger charge is 2.24. The van der Waals surface area contributed by atoms with Gasteiger partial charge in [0.2, 0.25) is 0 Å². The molecule has 0 atom stereocenters. The van der Waals surface area contributed by atoms with Crippen LogP contribution in [0.25, 0.3) is 106 Å². The molecule has 8 aromatic carbocycles. The van der Waals surface area contributed by atoms with Gasteiger partial charge in [-0.15, -0.1) is 0 Å². The highest BCUT2D eigenvalue weighted by molar-refractivity contribution is 6.15. The van der Waals surface area contributed by atoms with Crippen molar-refractivity contribution in [2.45, 2.75) is 0 Å². The van der Waals surface area contributed by atoms with Crippen LogP contribution in [0.5, 0.6) is 0 Å². The number of nitrogens with zero attached hydrogens (tertiary/aromatic N) is 4. The molecule has 0 saturated carbocycles. The summed E-state index contributed by atoms with van der Waals surface area (Å²) in [6, 6.07) is 67.4. The molecule has 5 heteroatoms. The molecule has 0 bridgehead atoms. The predicted octanol–water partition coefficient (Wildman–Crippen LogP) is 13.2. The first-order valence-corrected chi connectivity index (χ1v) is 18.8. The first kappa shape index (κ1) is 31.9. The van der Waals surface area contributed by atoms with Crippen molar-refractivity contribution in [3.05, 3.63) is 194 Å². The van der Waals surface area contributed by atoms with Gasteiger partial charge in [0, 0.05) is 49.4 Å². The predicted molar refractivity (Wildman–Crippen MR) is 229 cm³/mol. The smallest absolute Gasteiger partial charge is 0.166 e. The van der Waals surface area contributed by atoms with Crippen molar-refractivity contribution in [2.75, 3.05) is 0 Å². The van der Waals surface area contributed by atoms with Gasteiger partial charge in [0.1, 0.15) is 11.2 Å². The lowest BCUT2D eigenvalue weighted by molar-refractivity contribution is 0.669. The Labute approximate surface area is 322 Å². The Kier molecular flexibility index (Phi) is 7.42. The zero-order valence-electron chi connectivity index (χ0n) is 30.2. The van der Waals surface area contributed by atoms with Crippen molar-refractivity contribution in [2.24, 2.45) is 0 Å². The summed E-state index contributed by atoms with van der Waals surface area (Å²) in [5, 5.41) is 4.53. The number of benzene rings is 8. The van der Waals surface area contributed by atoms with Gasteiger partial charge >= 0.3 is 0 Å². The minimum Gasteiger partial charge on any atom is -0.456 e. The van der Waals surface area contributed by atoms with Gasteiger partial charge in [-0.05, 0) is 41.5 Å². The molecular formula is C51H32N4O. The quantitative estimate of drug-likeness (QED) is 0.172. The second-order valence-corrected chi connectivity index (χ2v) is 14.0. The van der Waals surface area contributed by atoms with Crippen molar-refractivity contribution in [1.82, 2.24) is 19.5 Å². The maximum atomic E-state index is 6.42. The van der Waals surface area contributed by atoms with Crippen molar-refractivity contribution in [1.29, 1.82) is 0 Å². The summed E-state index contributed by atoms with van der Waals surface area (Å²) in [6.07, 6.45) is 0. The van der Waals surface area contributed by atoms with Crippen LogP contribution in [0, 0.1) is 0 Å². The average Bonchev–Trinajstić information content (AvgIpc) is 3.82. The van der Waals surface area contributed by atoms with Gasteiger partial charge in [-0.25, -0.2) is 15.0 Å². The van der Waals surface area contributed by atoms with Crippen LogP contribution in [-0.4, -0.2) is 19.5 Å². The van der Waals surface area contributed by atoms with E-state index >= 15 is 0 Å². The third kappa shape index (κ3) is 5.21. The molecule has 0 fully saturated rings. The Morgan fingerprint density at radius 2 is 0.875 bits per heavy atom. The Balaban J connectivity index is 1.25. The molecule has 3 heterocycles. The van der Waals surface area contributed by atoms with Crippen molar-refractivity contribution < 1.29 is 4.42 Å². The number of fused-ring (bicyclic) bond motifs is 6. The molecule has 262 valence electrons. The lowest BCUT2D eigenvalue weighted by atomic mass is 9.97. The lowest BCUT2D eigenvalue weighted by Gasteiger charge is -2.20. The van der Waals surface area contributed by atoms with Crippen LogP contribution < -0.4 is 0 Å². The fourth-order valence-electron chi connectivity index (χ4n) is 8.12. The molecule has 11 rings (SSSR count). The van der Waals surface area contributed by atoms with E-state index in [2.05, 4.69) is 126 Å². The molecule has 0 aliphatic heterocycles.